The third kappa shape index (κ3) is 5.73. The van der Waals surface area contributed by atoms with Crippen molar-refractivity contribution < 1.29 is 0 Å². The van der Waals surface area contributed by atoms with Crippen LogP contribution in [-0.2, 0) is 6.54 Å². The van der Waals surface area contributed by atoms with Crippen LogP contribution in [0.15, 0.2) is 65.7 Å². The lowest BCUT2D eigenvalue weighted by atomic mass is 10.0. The fourth-order valence-corrected chi connectivity index (χ4v) is 3.29. The Hall–Kier alpha value is -2.02. The minimum Gasteiger partial charge on any atom is -0.364 e. The second-order valence-corrected chi connectivity index (χ2v) is 6.69. The summed E-state index contributed by atoms with van der Waals surface area (Å²) in [5, 5.41) is 6.91. The molecule has 1 aliphatic rings. The van der Waals surface area contributed by atoms with Gasteiger partial charge in [0.25, 0.3) is 0 Å². The van der Waals surface area contributed by atoms with Crippen LogP contribution in [0.25, 0.3) is 0 Å². The summed E-state index contributed by atoms with van der Waals surface area (Å²) in [4.78, 5) is 6.73. The summed E-state index contributed by atoms with van der Waals surface area (Å²) in [5.74, 6) is 0.814. The number of nitrogens with one attached hydrogen (secondary N) is 2. The third-order valence-electron chi connectivity index (χ3n) is 4.79. The summed E-state index contributed by atoms with van der Waals surface area (Å²) in [6, 6.07) is 17.3. The van der Waals surface area contributed by atoms with Gasteiger partial charge in [-0.15, -0.1) is 24.0 Å². The van der Waals surface area contributed by atoms with Gasteiger partial charge in [0.1, 0.15) is 0 Å². The Kier molecular flexibility index (Phi) is 8.16. The molecule has 3 rings (SSSR count). The molecule has 0 amide bonds. The molecule has 0 fully saturated rings. The van der Waals surface area contributed by atoms with Crippen LogP contribution in [0.3, 0.4) is 0 Å². The van der Waals surface area contributed by atoms with E-state index < -0.39 is 0 Å². The Morgan fingerprint density at radius 1 is 1.11 bits per heavy atom. The summed E-state index contributed by atoms with van der Waals surface area (Å²) < 4.78 is 0. The maximum Gasteiger partial charge on any atom is 0.191 e. The molecule has 0 saturated heterocycles. The van der Waals surface area contributed by atoms with Gasteiger partial charge < -0.3 is 15.5 Å². The van der Waals surface area contributed by atoms with E-state index >= 15 is 0 Å². The molecule has 2 N–H and O–H groups in total. The Morgan fingerprint density at radius 2 is 1.85 bits per heavy atom. The van der Waals surface area contributed by atoms with Crippen molar-refractivity contribution in [3.05, 3.63) is 77.4 Å². The van der Waals surface area contributed by atoms with Gasteiger partial charge >= 0.3 is 0 Å². The van der Waals surface area contributed by atoms with E-state index in [9.17, 15) is 0 Å². The zero-order valence-corrected chi connectivity index (χ0v) is 18.6. The highest BCUT2D eigenvalue weighted by Crippen LogP contribution is 2.19. The molecule has 1 aliphatic heterocycles. The topological polar surface area (TPSA) is 39.7 Å². The molecule has 0 spiro atoms. The summed E-state index contributed by atoms with van der Waals surface area (Å²) in [7, 11) is 1.81. The molecule has 27 heavy (non-hydrogen) atoms. The van der Waals surface area contributed by atoms with Crippen LogP contribution in [0.1, 0.15) is 29.7 Å². The summed E-state index contributed by atoms with van der Waals surface area (Å²) in [6.07, 6.45) is 4.42. The van der Waals surface area contributed by atoms with Crippen molar-refractivity contribution in [1.82, 2.24) is 10.6 Å². The first-order chi connectivity index (χ1) is 12.7. The predicted octanol–water partition coefficient (Wildman–Crippen LogP) is 4.42. The monoisotopic (exact) mass is 476 g/mol. The van der Waals surface area contributed by atoms with E-state index in [2.05, 4.69) is 95.1 Å². The van der Waals surface area contributed by atoms with Crippen molar-refractivity contribution >= 4 is 35.6 Å². The Labute approximate surface area is 179 Å². The van der Waals surface area contributed by atoms with Gasteiger partial charge in [0, 0.05) is 32.4 Å². The highest BCUT2D eigenvalue weighted by atomic mass is 127. The SMILES string of the molecule is CN=C(NCc1cccc(N2CC=CC2)c1)NC(C)c1ccccc1C.I. The molecule has 0 saturated carbocycles. The first-order valence-corrected chi connectivity index (χ1v) is 9.19. The van der Waals surface area contributed by atoms with Gasteiger partial charge in [0.15, 0.2) is 5.96 Å². The van der Waals surface area contributed by atoms with Crippen LogP contribution in [-0.4, -0.2) is 26.1 Å². The second-order valence-electron chi connectivity index (χ2n) is 6.69. The van der Waals surface area contributed by atoms with E-state index in [4.69, 9.17) is 0 Å². The van der Waals surface area contributed by atoms with Gasteiger partial charge in [0.2, 0.25) is 0 Å². The normalized spacial score (nSPS) is 14.6. The van der Waals surface area contributed by atoms with Crippen molar-refractivity contribution in [2.24, 2.45) is 4.99 Å². The summed E-state index contributed by atoms with van der Waals surface area (Å²) in [6.45, 7) is 7.04. The number of rotatable bonds is 5. The molecule has 4 nitrogen and oxygen atoms in total. The smallest absolute Gasteiger partial charge is 0.191 e. The number of anilines is 1. The molecular formula is C22H29IN4. The molecule has 0 aromatic heterocycles. The average Bonchev–Trinajstić information content (AvgIpc) is 3.20. The van der Waals surface area contributed by atoms with Crippen molar-refractivity contribution in [3.63, 3.8) is 0 Å². The lowest BCUT2D eigenvalue weighted by molar-refractivity contribution is 0.681. The van der Waals surface area contributed by atoms with Crippen LogP contribution < -0.4 is 15.5 Å². The number of hydrogen-bond acceptors (Lipinski definition) is 2. The van der Waals surface area contributed by atoms with E-state index in [-0.39, 0.29) is 30.0 Å². The second kappa shape index (κ2) is 10.3. The first kappa shape index (κ1) is 21.3. The van der Waals surface area contributed by atoms with Gasteiger partial charge in [0.05, 0.1) is 6.04 Å². The predicted molar refractivity (Wildman–Crippen MR) is 126 cm³/mol. The molecule has 5 heteroatoms. The first-order valence-electron chi connectivity index (χ1n) is 9.19. The number of hydrogen-bond donors (Lipinski definition) is 2. The minimum absolute atomic E-state index is 0. The van der Waals surface area contributed by atoms with Gasteiger partial charge in [-0.1, -0.05) is 48.6 Å². The van der Waals surface area contributed by atoms with Crippen LogP contribution >= 0.6 is 24.0 Å². The molecule has 1 atom stereocenters. The van der Waals surface area contributed by atoms with E-state index in [0.29, 0.717) is 0 Å². The van der Waals surface area contributed by atoms with E-state index in [1.165, 1.54) is 22.4 Å². The van der Waals surface area contributed by atoms with Crippen molar-refractivity contribution in [1.29, 1.82) is 0 Å². The van der Waals surface area contributed by atoms with E-state index in [0.717, 1.165) is 25.6 Å². The summed E-state index contributed by atoms with van der Waals surface area (Å²) in [5.41, 5.74) is 5.10. The number of aryl methyl sites for hydroxylation is 1. The van der Waals surface area contributed by atoms with Crippen LogP contribution in [0.5, 0.6) is 0 Å². The highest BCUT2D eigenvalue weighted by molar-refractivity contribution is 14.0. The molecule has 144 valence electrons. The van der Waals surface area contributed by atoms with E-state index in [1.54, 1.807) is 0 Å². The maximum atomic E-state index is 4.37. The van der Waals surface area contributed by atoms with Gasteiger partial charge in [-0.3, -0.25) is 4.99 Å². The maximum absolute atomic E-state index is 4.37. The van der Waals surface area contributed by atoms with Crippen LogP contribution in [0, 0.1) is 6.92 Å². The average molecular weight is 476 g/mol. The molecule has 0 aliphatic carbocycles. The molecular weight excluding hydrogens is 447 g/mol. The molecule has 2 aromatic rings. The number of aliphatic imine (C=N–C) groups is 1. The molecule has 0 radical (unpaired) electrons. The van der Waals surface area contributed by atoms with Crippen molar-refractivity contribution in [2.45, 2.75) is 26.4 Å². The molecule has 2 aromatic carbocycles. The fourth-order valence-electron chi connectivity index (χ4n) is 3.29. The number of guanidine groups is 1. The quantitative estimate of drug-likeness (QED) is 0.291. The fraction of sp³-hybridized carbons (Fsp3) is 0.318. The van der Waals surface area contributed by atoms with Crippen molar-refractivity contribution in [3.8, 4) is 0 Å². The Morgan fingerprint density at radius 3 is 2.56 bits per heavy atom. The highest BCUT2D eigenvalue weighted by Gasteiger charge is 2.11. The van der Waals surface area contributed by atoms with Crippen LogP contribution in [0.2, 0.25) is 0 Å². The zero-order valence-electron chi connectivity index (χ0n) is 16.3. The Bertz CT molecular complexity index is 792. The summed E-state index contributed by atoms with van der Waals surface area (Å²) >= 11 is 0. The van der Waals surface area contributed by atoms with Crippen LogP contribution in [0.4, 0.5) is 5.69 Å². The Balaban J connectivity index is 0.00000261. The molecule has 1 heterocycles. The number of benzene rings is 2. The van der Waals surface area contributed by atoms with Gasteiger partial charge in [-0.05, 0) is 42.7 Å². The van der Waals surface area contributed by atoms with Gasteiger partial charge in [-0.2, -0.15) is 0 Å². The number of halogens is 1. The minimum atomic E-state index is 0. The molecule has 0 bridgehead atoms. The van der Waals surface area contributed by atoms with Crippen molar-refractivity contribution in [2.75, 3.05) is 25.0 Å². The number of nitrogens with zero attached hydrogens (tertiary/aromatic N) is 2. The third-order valence-corrected chi connectivity index (χ3v) is 4.79. The van der Waals surface area contributed by atoms with E-state index in [1.807, 2.05) is 7.05 Å². The van der Waals surface area contributed by atoms with Gasteiger partial charge in [-0.25, -0.2) is 0 Å². The lowest BCUT2D eigenvalue weighted by Crippen LogP contribution is -2.38. The zero-order chi connectivity index (χ0) is 18.4. The molecule has 1 unspecified atom stereocenters. The largest absolute Gasteiger partial charge is 0.364 e. The standard InChI is InChI=1S/C22H28N4.HI/c1-17-9-4-5-12-21(17)18(2)25-22(23-3)24-16-19-10-8-11-20(15-19)26-13-6-7-14-26;/h4-12,15,18H,13-14,16H2,1-3H3,(H2,23,24,25);1H. The lowest BCUT2D eigenvalue weighted by Gasteiger charge is -2.21.